The van der Waals surface area contributed by atoms with E-state index in [1.807, 2.05) is 6.07 Å². The average Bonchev–Trinajstić information content (AvgIpc) is 2.94. The molecule has 1 aliphatic rings. The molecule has 1 unspecified atom stereocenters. The van der Waals surface area contributed by atoms with Gasteiger partial charge in [0.25, 0.3) is 0 Å². The van der Waals surface area contributed by atoms with Crippen molar-refractivity contribution in [2.24, 2.45) is 0 Å². The molecule has 1 fully saturated rings. The van der Waals surface area contributed by atoms with E-state index in [1.54, 1.807) is 12.1 Å². The summed E-state index contributed by atoms with van der Waals surface area (Å²) in [5, 5.41) is 12.2. The third-order valence-corrected chi connectivity index (χ3v) is 3.68. The van der Waals surface area contributed by atoms with E-state index < -0.39 is 5.82 Å². The van der Waals surface area contributed by atoms with Crippen LogP contribution in [0.4, 0.5) is 4.39 Å². The third-order valence-electron chi connectivity index (χ3n) is 3.68. The van der Waals surface area contributed by atoms with Crippen LogP contribution in [0, 0.1) is 17.1 Å². The van der Waals surface area contributed by atoms with E-state index in [0.717, 1.165) is 12.1 Å². The Morgan fingerprint density at radius 1 is 1.42 bits per heavy atom. The predicted molar refractivity (Wildman–Crippen MR) is 73.1 cm³/mol. The fourth-order valence-electron chi connectivity index (χ4n) is 2.50. The molecule has 1 saturated heterocycles. The monoisotopic (exact) mass is 261 g/mol. The molecular formula is C15H20FN3. The van der Waals surface area contributed by atoms with Crippen LogP contribution in [0.15, 0.2) is 18.2 Å². The maximum atomic E-state index is 13.2. The largest absolute Gasteiger partial charge is 0.311 e. The maximum Gasteiger partial charge on any atom is 0.140 e. The van der Waals surface area contributed by atoms with Gasteiger partial charge in [0.05, 0.1) is 5.56 Å². The number of nitrogens with zero attached hydrogens (tertiary/aromatic N) is 2. The Labute approximate surface area is 114 Å². The fraction of sp³-hybridized carbons (Fsp3) is 0.533. The van der Waals surface area contributed by atoms with Crippen LogP contribution in [0.1, 0.15) is 30.9 Å². The second-order valence-corrected chi connectivity index (χ2v) is 5.15. The van der Waals surface area contributed by atoms with Crippen LogP contribution >= 0.6 is 0 Å². The van der Waals surface area contributed by atoms with Crippen molar-refractivity contribution in [2.75, 3.05) is 19.6 Å². The van der Waals surface area contributed by atoms with Gasteiger partial charge in [-0.2, -0.15) is 5.26 Å². The zero-order chi connectivity index (χ0) is 13.7. The molecular weight excluding hydrogens is 241 g/mol. The lowest BCUT2D eigenvalue weighted by molar-refractivity contribution is 0.251. The first-order chi connectivity index (χ1) is 9.20. The molecule has 0 aromatic heterocycles. The Hall–Kier alpha value is -1.44. The first-order valence-electron chi connectivity index (χ1n) is 6.84. The van der Waals surface area contributed by atoms with E-state index in [4.69, 9.17) is 5.26 Å². The van der Waals surface area contributed by atoms with Crippen LogP contribution in [-0.4, -0.2) is 30.6 Å². The SMILES string of the molecule is CC(CNCc1ccc(F)c(C#N)c1)N1CCCC1. The van der Waals surface area contributed by atoms with Gasteiger partial charge in [0.2, 0.25) is 0 Å². The van der Waals surface area contributed by atoms with Gasteiger partial charge in [-0.25, -0.2) is 4.39 Å². The summed E-state index contributed by atoms with van der Waals surface area (Å²) >= 11 is 0. The molecule has 19 heavy (non-hydrogen) atoms. The van der Waals surface area contributed by atoms with Crippen LogP contribution in [0.3, 0.4) is 0 Å². The van der Waals surface area contributed by atoms with Crippen LogP contribution in [0.25, 0.3) is 0 Å². The minimum atomic E-state index is -0.448. The van der Waals surface area contributed by atoms with Crippen molar-refractivity contribution in [3.05, 3.63) is 35.1 Å². The van der Waals surface area contributed by atoms with Crippen molar-refractivity contribution in [3.8, 4) is 6.07 Å². The lowest BCUT2D eigenvalue weighted by Crippen LogP contribution is -2.38. The highest BCUT2D eigenvalue weighted by atomic mass is 19.1. The molecule has 1 aromatic rings. The van der Waals surface area contributed by atoms with Gasteiger partial charge in [-0.15, -0.1) is 0 Å². The minimum absolute atomic E-state index is 0.117. The molecule has 1 heterocycles. The number of hydrogen-bond donors (Lipinski definition) is 1. The van der Waals surface area contributed by atoms with Crippen LogP contribution < -0.4 is 5.32 Å². The number of rotatable bonds is 5. The fourth-order valence-corrected chi connectivity index (χ4v) is 2.50. The van der Waals surface area contributed by atoms with Gasteiger partial charge in [0, 0.05) is 19.1 Å². The lowest BCUT2D eigenvalue weighted by Gasteiger charge is -2.24. The van der Waals surface area contributed by atoms with Gasteiger partial charge in [0.1, 0.15) is 11.9 Å². The Morgan fingerprint density at radius 2 is 2.16 bits per heavy atom. The number of benzene rings is 1. The summed E-state index contributed by atoms with van der Waals surface area (Å²) in [4.78, 5) is 2.48. The smallest absolute Gasteiger partial charge is 0.140 e. The molecule has 0 aliphatic carbocycles. The van der Waals surface area contributed by atoms with E-state index >= 15 is 0 Å². The number of hydrogen-bond acceptors (Lipinski definition) is 3. The van der Waals surface area contributed by atoms with E-state index in [9.17, 15) is 4.39 Å². The molecule has 0 amide bonds. The zero-order valence-corrected chi connectivity index (χ0v) is 11.3. The van der Waals surface area contributed by atoms with Gasteiger partial charge in [-0.3, -0.25) is 4.90 Å². The highest BCUT2D eigenvalue weighted by molar-refractivity contribution is 5.34. The second-order valence-electron chi connectivity index (χ2n) is 5.15. The van der Waals surface area contributed by atoms with Gasteiger partial charge in [-0.1, -0.05) is 6.07 Å². The molecule has 1 aliphatic heterocycles. The molecule has 0 spiro atoms. The van der Waals surface area contributed by atoms with Gasteiger partial charge in [-0.05, 0) is 50.6 Å². The molecule has 0 radical (unpaired) electrons. The normalized spacial score (nSPS) is 17.3. The number of nitrogens with one attached hydrogen (secondary N) is 1. The van der Waals surface area contributed by atoms with Crippen LogP contribution in [0.2, 0.25) is 0 Å². The van der Waals surface area contributed by atoms with Gasteiger partial charge >= 0.3 is 0 Å². The van der Waals surface area contributed by atoms with Crippen LogP contribution in [0.5, 0.6) is 0 Å². The Kier molecular flexibility index (Phi) is 4.89. The van der Waals surface area contributed by atoms with E-state index in [1.165, 1.54) is 32.0 Å². The molecule has 1 atom stereocenters. The number of likely N-dealkylation sites (tertiary alicyclic amines) is 1. The van der Waals surface area contributed by atoms with Crippen molar-refractivity contribution in [2.45, 2.75) is 32.4 Å². The summed E-state index contributed by atoms with van der Waals surface area (Å²) in [5.74, 6) is -0.448. The second kappa shape index (κ2) is 6.65. The highest BCUT2D eigenvalue weighted by Crippen LogP contribution is 2.12. The highest BCUT2D eigenvalue weighted by Gasteiger charge is 2.17. The zero-order valence-electron chi connectivity index (χ0n) is 11.3. The molecule has 2 rings (SSSR count). The quantitative estimate of drug-likeness (QED) is 0.883. The minimum Gasteiger partial charge on any atom is -0.311 e. The molecule has 0 saturated carbocycles. The van der Waals surface area contributed by atoms with Crippen molar-refractivity contribution in [3.63, 3.8) is 0 Å². The topological polar surface area (TPSA) is 39.1 Å². The molecule has 1 aromatic carbocycles. The number of nitriles is 1. The first kappa shape index (κ1) is 14.0. The molecule has 1 N–H and O–H groups in total. The van der Waals surface area contributed by atoms with Crippen LogP contribution in [-0.2, 0) is 6.54 Å². The first-order valence-corrected chi connectivity index (χ1v) is 6.84. The molecule has 4 heteroatoms. The summed E-state index contributed by atoms with van der Waals surface area (Å²) < 4.78 is 13.2. The summed E-state index contributed by atoms with van der Waals surface area (Å²) in [6, 6.07) is 7.10. The summed E-state index contributed by atoms with van der Waals surface area (Å²) in [5.41, 5.74) is 1.07. The van der Waals surface area contributed by atoms with E-state index in [2.05, 4.69) is 17.1 Å². The average molecular weight is 261 g/mol. The van der Waals surface area contributed by atoms with Gasteiger partial charge < -0.3 is 5.32 Å². The predicted octanol–water partition coefficient (Wildman–Crippen LogP) is 2.27. The summed E-state index contributed by atoms with van der Waals surface area (Å²) in [6.07, 6.45) is 2.60. The van der Waals surface area contributed by atoms with Crippen molar-refractivity contribution < 1.29 is 4.39 Å². The Bertz CT molecular complexity index is 461. The maximum absolute atomic E-state index is 13.2. The standard InChI is InChI=1S/C15H20FN3/c1-12(19-6-2-3-7-19)10-18-11-13-4-5-15(16)14(8-13)9-17/h4-5,8,12,18H,2-3,6-7,10-11H2,1H3. The van der Waals surface area contributed by atoms with Crippen molar-refractivity contribution in [1.82, 2.24) is 10.2 Å². The van der Waals surface area contributed by atoms with Crippen molar-refractivity contribution >= 4 is 0 Å². The molecule has 3 nitrogen and oxygen atoms in total. The summed E-state index contributed by atoms with van der Waals surface area (Å²) in [7, 11) is 0. The molecule has 0 bridgehead atoms. The van der Waals surface area contributed by atoms with Crippen molar-refractivity contribution in [1.29, 1.82) is 5.26 Å². The summed E-state index contributed by atoms with van der Waals surface area (Å²) in [6.45, 7) is 6.20. The third kappa shape index (κ3) is 3.76. The molecule has 102 valence electrons. The van der Waals surface area contributed by atoms with Gasteiger partial charge in [0.15, 0.2) is 0 Å². The Balaban J connectivity index is 1.80. The van der Waals surface area contributed by atoms with E-state index in [0.29, 0.717) is 12.6 Å². The lowest BCUT2D eigenvalue weighted by atomic mass is 10.1. The van der Waals surface area contributed by atoms with E-state index in [-0.39, 0.29) is 5.56 Å². The number of halogens is 1. The Morgan fingerprint density at radius 3 is 2.84 bits per heavy atom.